The molecule has 0 spiro atoms. The fourth-order valence-electron chi connectivity index (χ4n) is 1.55. The average Bonchev–Trinajstić information content (AvgIpc) is 2.38. The Balaban J connectivity index is 0.00000324. The van der Waals surface area contributed by atoms with Gasteiger partial charge in [0.1, 0.15) is 5.75 Å². The molecule has 0 aliphatic heterocycles. The Morgan fingerprint density at radius 2 is 2.05 bits per heavy atom. The molecule has 0 unspecified atom stereocenters. The molecule has 19 heavy (non-hydrogen) atoms. The predicted octanol–water partition coefficient (Wildman–Crippen LogP) is 2.04. The number of para-hydroxylation sites is 1. The predicted molar refractivity (Wildman–Crippen MR) is 79.8 cm³/mol. The first-order valence-corrected chi connectivity index (χ1v) is 6.39. The molecule has 0 aliphatic rings. The van der Waals surface area contributed by atoms with Crippen LogP contribution in [0.25, 0.3) is 0 Å². The minimum atomic E-state index is 0. The van der Waals surface area contributed by atoms with Gasteiger partial charge in [0, 0.05) is 13.0 Å². The molecule has 0 bridgehead atoms. The second kappa shape index (κ2) is 10.6. The molecule has 0 aromatic heterocycles. The quantitative estimate of drug-likeness (QED) is 0.719. The number of hydrogen-bond donors (Lipinski definition) is 2. The molecular weight excluding hydrogens is 264 g/mol. The van der Waals surface area contributed by atoms with Crippen LogP contribution in [-0.2, 0) is 4.79 Å². The van der Waals surface area contributed by atoms with Crippen LogP contribution in [0.5, 0.6) is 5.75 Å². The number of amides is 1. The zero-order valence-electron chi connectivity index (χ0n) is 11.4. The van der Waals surface area contributed by atoms with Gasteiger partial charge in [0.2, 0.25) is 5.91 Å². The zero-order valence-corrected chi connectivity index (χ0v) is 12.2. The van der Waals surface area contributed by atoms with Gasteiger partial charge in [-0.25, -0.2) is 0 Å². The Labute approximate surface area is 121 Å². The van der Waals surface area contributed by atoms with Gasteiger partial charge in [-0.1, -0.05) is 18.2 Å². The average molecular weight is 287 g/mol. The molecule has 4 nitrogen and oxygen atoms in total. The van der Waals surface area contributed by atoms with Crippen molar-refractivity contribution in [1.29, 1.82) is 0 Å². The number of nitrogens with one attached hydrogen (secondary N) is 1. The molecule has 5 heteroatoms. The van der Waals surface area contributed by atoms with Crippen molar-refractivity contribution >= 4 is 18.3 Å². The molecule has 0 fully saturated rings. The van der Waals surface area contributed by atoms with E-state index in [2.05, 4.69) is 5.32 Å². The lowest BCUT2D eigenvalue weighted by Gasteiger charge is -2.09. The number of carbonyl (C=O) groups excluding carboxylic acids is 1. The maximum absolute atomic E-state index is 11.3. The summed E-state index contributed by atoms with van der Waals surface area (Å²) in [5.41, 5.74) is 6.46. The summed E-state index contributed by atoms with van der Waals surface area (Å²) in [6.07, 6.45) is 2.06. The molecule has 108 valence electrons. The van der Waals surface area contributed by atoms with Crippen LogP contribution in [0.2, 0.25) is 0 Å². The highest BCUT2D eigenvalue weighted by atomic mass is 35.5. The summed E-state index contributed by atoms with van der Waals surface area (Å²) in [6.45, 7) is 3.84. The molecule has 0 saturated carbocycles. The Bertz CT molecular complexity index is 372. The Morgan fingerprint density at radius 1 is 1.32 bits per heavy atom. The van der Waals surface area contributed by atoms with E-state index in [0.29, 0.717) is 26.1 Å². The maximum atomic E-state index is 11.3. The number of aryl methyl sites for hydroxylation is 1. The molecule has 0 heterocycles. The summed E-state index contributed by atoms with van der Waals surface area (Å²) < 4.78 is 5.63. The monoisotopic (exact) mass is 286 g/mol. The summed E-state index contributed by atoms with van der Waals surface area (Å²) in [7, 11) is 0. The highest BCUT2D eigenvalue weighted by Crippen LogP contribution is 2.15. The van der Waals surface area contributed by atoms with E-state index in [9.17, 15) is 4.79 Å². The van der Waals surface area contributed by atoms with Crippen molar-refractivity contribution < 1.29 is 9.53 Å². The van der Waals surface area contributed by atoms with E-state index in [-0.39, 0.29) is 18.3 Å². The van der Waals surface area contributed by atoms with Crippen molar-refractivity contribution in [3.63, 3.8) is 0 Å². The molecule has 1 aromatic rings. The van der Waals surface area contributed by atoms with E-state index in [1.807, 2.05) is 31.2 Å². The Hall–Kier alpha value is -1.26. The molecular formula is C14H23ClN2O2. The van der Waals surface area contributed by atoms with E-state index in [4.69, 9.17) is 10.5 Å². The van der Waals surface area contributed by atoms with Crippen molar-refractivity contribution in [2.45, 2.75) is 26.2 Å². The number of rotatable bonds is 8. The number of halogens is 1. The number of carbonyl (C=O) groups is 1. The third-order valence-corrected chi connectivity index (χ3v) is 2.60. The third kappa shape index (κ3) is 7.70. The topological polar surface area (TPSA) is 64.3 Å². The van der Waals surface area contributed by atoms with Gasteiger partial charge < -0.3 is 15.8 Å². The van der Waals surface area contributed by atoms with Gasteiger partial charge in [0.05, 0.1) is 6.61 Å². The molecule has 1 amide bonds. The van der Waals surface area contributed by atoms with Gasteiger partial charge in [-0.2, -0.15) is 0 Å². The first-order chi connectivity index (χ1) is 8.74. The van der Waals surface area contributed by atoms with E-state index in [0.717, 1.165) is 24.2 Å². The van der Waals surface area contributed by atoms with Crippen LogP contribution < -0.4 is 15.8 Å². The number of ether oxygens (including phenoxy) is 1. The smallest absolute Gasteiger partial charge is 0.220 e. The lowest BCUT2D eigenvalue weighted by atomic mass is 10.2. The van der Waals surface area contributed by atoms with Crippen LogP contribution in [0.3, 0.4) is 0 Å². The molecule has 0 atom stereocenters. The molecule has 1 rings (SSSR count). The number of nitrogens with two attached hydrogens (primary N) is 1. The zero-order chi connectivity index (χ0) is 13.2. The van der Waals surface area contributed by atoms with Gasteiger partial charge in [0.15, 0.2) is 0 Å². The molecule has 1 aromatic carbocycles. The van der Waals surface area contributed by atoms with E-state index in [1.54, 1.807) is 0 Å². The lowest BCUT2D eigenvalue weighted by Crippen LogP contribution is -2.25. The summed E-state index contributed by atoms with van der Waals surface area (Å²) in [5.74, 6) is 0.975. The fraction of sp³-hybridized carbons (Fsp3) is 0.500. The van der Waals surface area contributed by atoms with Crippen LogP contribution in [0.4, 0.5) is 0 Å². The van der Waals surface area contributed by atoms with Gasteiger partial charge in [-0.05, 0) is 37.9 Å². The van der Waals surface area contributed by atoms with Crippen LogP contribution >= 0.6 is 12.4 Å². The Morgan fingerprint density at radius 3 is 2.74 bits per heavy atom. The van der Waals surface area contributed by atoms with Crippen molar-refractivity contribution in [3.8, 4) is 5.75 Å². The summed E-state index contributed by atoms with van der Waals surface area (Å²) in [5, 5.41) is 2.84. The highest BCUT2D eigenvalue weighted by Gasteiger charge is 2.00. The minimum Gasteiger partial charge on any atom is -0.493 e. The molecule has 3 N–H and O–H groups in total. The van der Waals surface area contributed by atoms with E-state index < -0.39 is 0 Å². The van der Waals surface area contributed by atoms with Gasteiger partial charge in [-0.15, -0.1) is 12.4 Å². The lowest BCUT2D eigenvalue weighted by molar-refractivity contribution is -0.121. The summed E-state index contributed by atoms with van der Waals surface area (Å²) >= 11 is 0. The summed E-state index contributed by atoms with van der Waals surface area (Å²) in [6, 6.07) is 7.91. The van der Waals surface area contributed by atoms with E-state index in [1.165, 1.54) is 0 Å². The van der Waals surface area contributed by atoms with Crippen molar-refractivity contribution in [3.05, 3.63) is 29.8 Å². The van der Waals surface area contributed by atoms with Crippen molar-refractivity contribution in [2.75, 3.05) is 19.7 Å². The van der Waals surface area contributed by atoms with Crippen LogP contribution in [0.15, 0.2) is 24.3 Å². The molecule has 0 saturated heterocycles. The van der Waals surface area contributed by atoms with Crippen LogP contribution in [0, 0.1) is 6.92 Å². The number of benzene rings is 1. The maximum Gasteiger partial charge on any atom is 0.220 e. The fourth-order valence-corrected chi connectivity index (χ4v) is 1.55. The number of hydrogen-bond acceptors (Lipinski definition) is 3. The van der Waals surface area contributed by atoms with Crippen LogP contribution in [0.1, 0.15) is 24.8 Å². The van der Waals surface area contributed by atoms with Crippen LogP contribution in [-0.4, -0.2) is 25.6 Å². The summed E-state index contributed by atoms with van der Waals surface area (Å²) in [4.78, 5) is 11.3. The largest absolute Gasteiger partial charge is 0.493 e. The van der Waals surface area contributed by atoms with Crippen molar-refractivity contribution in [1.82, 2.24) is 5.32 Å². The highest BCUT2D eigenvalue weighted by molar-refractivity contribution is 5.85. The van der Waals surface area contributed by atoms with E-state index >= 15 is 0 Å². The van der Waals surface area contributed by atoms with Gasteiger partial charge >= 0.3 is 0 Å². The standard InChI is InChI=1S/C14H22N2O2.ClH/c1-12-6-2-3-7-13(12)18-11-5-10-16-14(17)8-4-9-15;/h2-3,6-7H,4-5,8-11,15H2,1H3,(H,16,17);1H. The first-order valence-electron chi connectivity index (χ1n) is 6.39. The second-order valence-corrected chi connectivity index (χ2v) is 4.21. The SMILES string of the molecule is Cc1ccccc1OCCCNC(=O)CCCN.Cl. The van der Waals surface area contributed by atoms with Crippen molar-refractivity contribution in [2.24, 2.45) is 5.73 Å². The van der Waals surface area contributed by atoms with Gasteiger partial charge in [0.25, 0.3) is 0 Å². The third-order valence-electron chi connectivity index (χ3n) is 2.60. The Kier molecular flexibility index (Phi) is 9.94. The minimum absolute atomic E-state index is 0. The molecule has 0 radical (unpaired) electrons. The first kappa shape index (κ1) is 17.7. The molecule has 0 aliphatic carbocycles. The second-order valence-electron chi connectivity index (χ2n) is 4.21. The normalized spacial score (nSPS) is 9.58. The van der Waals surface area contributed by atoms with Gasteiger partial charge in [-0.3, -0.25) is 4.79 Å².